The Morgan fingerprint density at radius 2 is 2.06 bits per heavy atom. The van der Waals surface area contributed by atoms with Gasteiger partial charge in [-0.1, -0.05) is 36.3 Å². The first-order valence-electron chi connectivity index (χ1n) is 10.6. The molecule has 0 radical (unpaired) electrons. The number of terminal acetylenes is 1. The smallest absolute Gasteiger partial charge is 0.259 e. The van der Waals surface area contributed by atoms with E-state index in [2.05, 4.69) is 15.8 Å². The molecule has 0 unspecified atom stereocenters. The number of hydrogen-bond donors (Lipinski definition) is 2. The summed E-state index contributed by atoms with van der Waals surface area (Å²) in [5, 5.41) is 11.2. The van der Waals surface area contributed by atoms with Crippen molar-refractivity contribution in [2.24, 2.45) is 0 Å². The fourth-order valence-corrected chi connectivity index (χ4v) is 5.41. The molecule has 31 heavy (non-hydrogen) atoms. The molecule has 4 rings (SSSR count). The molecular weight excluding hydrogens is 410 g/mol. The van der Waals surface area contributed by atoms with Gasteiger partial charge in [-0.25, -0.2) is 4.98 Å². The number of aromatic nitrogens is 2. The topological polar surface area (TPSA) is 78.5 Å². The van der Waals surface area contributed by atoms with Gasteiger partial charge in [0.15, 0.2) is 0 Å². The summed E-state index contributed by atoms with van der Waals surface area (Å²) in [6.07, 6.45) is 8.82. The molecule has 2 aromatic heterocycles. The van der Waals surface area contributed by atoms with Gasteiger partial charge in [0.2, 0.25) is 0 Å². The third-order valence-electron chi connectivity index (χ3n) is 5.46. The average molecular weight is 438 g/mol. The fourth-order valence-electron chi connectivity index (χ4n) is 4.13. The lowest BCUT2D eigenvalue weighted by atomic mass is 9.97. The molecule has 1 aliphatic rings. The summed E-state index contributed by atoms with van der Waals surface area (Å²) in [5.41, 5.74) is 2.25. The Balaban J connectivity index is 1.55. The van der Waals surface area contributed by atoms with Gasteiger partial charge in [0.05, 0.1) is 24.6 Å². The number of thiophene rings is 1. The van der Waals surface area contributed by atoms with Crippen LogP contribution in [-0.4, -0.2) is 45.8 Å². The lowest BCUT2D eigenvalue weighted by Crippen LogP contribution is -2.35. The zero-order valence-corrected chi connectivity index (χ0v) is 18.3. The van der Waals surface area contributed by atoms with Crippen LogP contribution in [0.15, 0.2) is 35.1 Å². The largest absolute Gasteiger partial charge is 0.389 e. The Morgan fingerprint density at radius 3 is 2.87 bits per heavy atom. The maximum atomic E-state index is 12.9. The Bertz CT molecular complexity index is 1120. The predicted octanol–water partition coefficient (Wildman–Crippen LogP) is 2.88. The number of fused-ring (bicyclic) bond motifs is 3. The number of nitrogens with one attached hydrogen (secondary N) is 1. The van der Waals surface area contributed by atoms with Gasteiger partial charge >= 0.3 is 0 Å². The molecule has 0 fully saturated rings. The first kappa shape index (κ1) is 21.7. The van der Waals surface area contributed by atoms with Gasteiger partial charge in [-0.05, 0) is 36.8 Å². The monoisotopic (exact) mass is 437 g/mol. The second-order valence-corrected chi connectivity index (χ2v) is 9.02. The number of aromatic amines is 1. The van der Waals surface area contributed by atoms with Crippen LogP contribution in [0.25, 0.3) is 10.2 Å². The second kappa shape index (κ2) is 10.2. The van der Waals surface area contributed by atoms with E-state index >= 15 is 0 Å². The minimum absolute atomic E-state index is 0.0584. The van der Waals surface area contributed by atoms with Gasteiger partial charge < -0.3 is 14.8 Å². The number of H-pyrrole nitrogens is 1. The summed E-state index contributed by atoms with van der Waals surface area (Å²) >= 11 is 1.65. The lowest BCUT2D eigenvalue weighted by molar-refractivity contribution is 0.0238. The summed E-state index contributed by atoms with van der Waals surface area (Å²) in [7, 11) is 0. The molecule has 0 amide bonds. The van der Waals surface area contributed by atoms with Crippen molar-refractivity contribution in [3.63, 3.8) is 0 Å². The Labute approximate surface area is 185 Å². The third kappa shape index (κ3) is 5.41. The number of rotatable bonds is 9. The number of hydrogen-bond acceptors (Lipinski definition) is 6. The number of ether oxygens (including phenoxy) is 1. The Morgan fingerprint density at radius 1 is 1.26 bits per heavy atom. The maximum absolute atomic E-state index is 12.9. The zero-order valence-electron chi connectivity index (χ0n) is 17.5. The molecule has 0 saturated heterocycles. The van der Waals surface area contributed by atoms with E-state index in [9.17, 15) is 9.90 Å². The molecule has 162 valence electrons. The van der Waals surface area contributed by atoms with Crippen LogP contribution in [0.3, 0.4) is 0 Å². The van der Waals surface area contributed by atoms with Crippen LogP contribution in [-0.2, 0) is 30.7 Å². The molecule has 6 nitrogen and oxygen atoms in total. The summed E-state index contributed by atoms with van der Waals surface area (Å²) in [5.74, 6) is 3.02. The van der Waals surface area contributed by atoms with Crippen molar-refractivity contribution in [1.29, 1.82) is 0 Å². The molecule has 0 bridgehead atoms. The molecule has 0 aliphatic heterocycles. The van der Waals surface area contributed by atoms with Gasteiger partial charge in [-0.2, -0.15) is 0 Å². The number of aliphatic hydroxyl groups is 1. The molecule has 2 N–H and O–H groups in total. The highest BCUT2D eigenvalue weighted by atomic mass is 32.1. The van der Waals surface area contributed by atoms with Crippen LogP contribution >= 0.6 is 11.3 Å². The van der Waals surface area contributed by atoms with E-state index in [4.69, 9.17) is 16.1 Å². The van der Waals surface area contributed by atoms with Crippen LogP contribution in [0, 0.1) is 12.3 Å². The van der Waals surface area contributed by atoms with Crippen LogP contribution < -0.4 is 5.56 Å². The minimum Gasteiger partial charge on any atom is -0.389 e. The summed E-state index contributed by atoms with van der Waals surface area (Å²) in [4.78, 5) is 24.8. The van der Waals surface area contributed by atoms with E-state index in [1.165, 1.54) is 16.9 Å². The molecule has 1 aromatic carbocycles. The van der Waals surface area contributed by atoms with Crippen molar-refractivity contribution >= 4 is 21.6 Å². The highest BCUT2D eigenvalue weighted by Gasteiger charge is 2.21. The van der Waals surface area contributed by atoms with Gasteiger partial charge in [-0.15, -0.1) is 17.8 Å². The van der Waals surface area contributed by atoms with Crippen molar-refractivity contribution in [2.75, 3.05) is 19.8 Å². The number of nitrogens with zero attached hydrogens (tertiary/aromatic N) is 2. The zero-order chi connectivity index (χ0) is 21.6. The van der Waals surface area contributed by atoms with Crippen molar-refractivity contribution < 1.29 is 9.84 Å². The number of aliphatic hydroxyl groups excluding tert-OH is 1. The van der Waals surface area contributed by atoms with E-state index in [0.29, 0.717) is 25.5 Å². The van der Waals surface area contributed by atoms with Crippen LogP contribution in [0.5, 0.6) is 0 Å². The molecule has 7 heteroatoms. The number of aryl methyl sites for hydroxylation is 2. The Kier molecular flexibility index (Phi) is 7.15. The van der Waals surface area contributed by atoms with E-state index in [1.807, 2.05) is 30.3 Å². The molecule has 3 aromatic rings. The van der Waals surface area contributed by atoms with E-state index in [1.54, 1.807) is 11.3 Å². The quantitative estimate of drug-likeness (QED) is 0.398. The van der Waals surface area contributed by atoms with Crippen LogP contribution in [0.1, 0.15) is 34.7 Å². The highest BCUT2D eigenvalue weighted by Crippen LogP contribution is 2.33. The van der Waals surface area contributed by atoms with Crippen LogP contribution in [0.2, 0.25) is 0 Å². The normalized spacial score (nSPS) is 14.5. The standard InChI is InChI=1S/C24H27N3O3S/c1-2-12-30-16-18(28)14-27(13-17-8-4-3-5-9-17)15-21-25-23(29)22-19-10-6-7-11-20(19)31-24(22)26-21/h1,3-5,8-9,18,28H,6-7,10-16H2,(H,25,26,29)/t18-/m1/s1. The second-order valence-electron chi connectivity index (χ2n) is 7.93. The molecule has 0 saturated carbocycles. The van der Waals surface area contributed by atoms with Crippen molar-refractivity contribution in [2.45, 2.75) is 44.9 Å². The average Bonchev–Trinajstić information content (AvgIpc) is 3.13. The third-order valence-corrected chi connectivity index (χ3v) is 6.65. The predicted molar refractivity (Wildman–Crippen MR) is 123 cm³/mol. The van der Waals surface area contributed by atoms with Crippen molar-refractivity contribution in [1.82, 2.24) is 14.9 Å². The number of benzene rings is 1. The minimum atomic E-state index is -0.693. The van der Waals surface area contributed by atoms with E-state index in [0.717, 1.165) is 35.0 Å². The first-order valence-corrected chi connectivity index (χ1v) is 11.4. The first-order chi connectivity index (χ1) is 15.1. The molecule has 0 spiro atoms. The van der Waals surface area contributed by atoms with Crippen molar-refractivity contribution in [3.8, 4) is 12.3 Å². The van der Waals surface area contributed by atoms with Crippen LogP contribution in [0.4, 0.5) is 0 Å². The summed E-state index contributed by atoms with van der Waals surface area (Å²) in [6, 6.07) is 10.0. The molecule has 1 atom stereocenters. The summed E-state index contributed by atoms with van der Waals surface area (Å²) in [6.45, 7) is 1.76. The molecular formula is C24H27N3O3S. The van der Waals surface area contributed by atoms with Gasteiger partial charge in [0.25, 0.3) is 5.56 Å². The Hall–Kier alpha value is -2.50. The van der Waals surface area contributed by atoms with Crippen molar-refractivity contribution in [3.05, 3.63) is 62.5 Å². The molecule has 2 heterocycles. The lowest BCUT2D eigenvalue weighted by Gasteiger charge is -2.24. The highest BCUT2D eigenvalue weighted by molar-refractivity contribution is 7.18. The van der Waals surface area contributed by atoms with Gasteiger partial charge in [0, 0.05) is 18.0 Å². The summed E-state index contributed by atoms with van der Waals surface area (Å²) < 4.78 is 5.28. The van der Waals surface area contributed by atoms with E-state index < -0.39 is 6.10 Å². The maximum Gasteiger partial charge on any atom is 0.259 e. The van der Waals surface area contributed by atoms with E-state index in [-0.39, 0.29) is 18.8 Å². The van der Waals surface area contributed by atoms with Gasteiger partial charge in [0.1, 0.15) is 17.3 Å². The fraction of sp³-hybridized carbons (Fsp3) is 0.417. The van der Waals surface area contributed by atoms with Gasteiger partial charge in [-0.3, -0.25) is 9.69 Å². The molecule has 1 aliphatic carbocycles. The SMILES string of the molecule is C#CCOC[C@H](O)CN(Cc1ccccc1)Cc1nc2sc3c(c2c(=O)[nH]1)CCCC3.